The third-order valence-electron chi connectivity index (χ3n) is 3.92. The van der Waals surface area contributed by atoms with Gasteiger partial charge in [-0.25, -0.2) is 0 Å². The third kappa shape index (κ3) is 14.7. The molecule has 0 saturated carbocycles. The lowest BCUT2D eigenvalue weighted by atomic mass is 10.1. The summed E-state index contributed by atoms with van der Waals surface area (Å²) in [4.78, 5) is 46.3. The van der Waals surface area contributed by atoms with Crippen molar-refractivity contribution in [2.75, 3.05) is 38.5 Å². The first-order valence-electron chi connectivity index (χ1n) is 9.65. The predicted molar refractivity (Wildman–Crippen MR) is 112 cm³/mol. The summed E-state index contributed by atoms with van der Waals surface area (Å²) in [6.07, 6.45) is 2.57. The molecule has 168 valence electrons. The number of hydrogen-bond acceptors (Lipinski definition) is 8. The van der Waals surface area contributed by atoms with Crippen LogP contribution in [0.5, 0.6) is 0 Å². The lowest BCUT2D eigenvalue weighted by molar-refractivity contribution is -0.138. The van der Waals surface area contributed by atoms with Crippen molar-refractivity contribution >= 4 is 36.3 Å². The van der Waals surface area contributed by atoms with Crippen LogP contribution in [0.3, 0.4) is 0 Å². The third-order valence-corrected chi connectivity index (χ3v) is 4.28. The van der Waals surface area contributed by atoms with E-state index in [2.05, 4.69) is 33.9 Å². The molecule has 9 N–H and O–H groups in total. The van der Waals surface area contributed by atoms with Gasteiger partial charge in [-0.05, 0) is 45.3 Å². The summed E-state index contributed by atoms with van der Waals surface area (Å²) in [6, 6.07) is -2.08. The average Bonchev–Trinajstić information content (AvgIpc) is 2.70. The number of unbranched alkanes of at least 4 members (excludes halogenated alkanes) is 1. The Morgan fingerprint density at radius 2 is 1.66 bits per heavy atom. The van der Waals surface area contributed by atoms with E-state index >= 15 is 0 Å². The summed E-state index contributed by atoms with van der Waals surface area (Å²) < 4.78 is 0. The maximum absolute atomic E-state index is 12.1. The topological polar surface area (TPSA) is 189 Å². The van der Waals surface area contributed by atoms with Crippen LogP contribution in [0.2, 0.25) is 0 Å². The first-order valence-corrected chi connectivity index (χ1v) is 10.3. The van der Waals surface area contributed by atoms with E-state index in [9.17, 15) is 19.2 Å². The largest absolute Gasteiger partial charge is 0.480 e. The zero-order valence-corrected chi connectivity index (χ0v) is 17.5. The maximum Gasteiger partial charge on any atom is 0.320 e. The number of carboxylic acid groups (broad SMARTS) is 1. The molecule has 12 heteroatoms. The van der Waals surface area contributed by atoms with Crippen LogP contribution >= 0.6 is 12.6 Å². The van der Waals surface area contributed by atoms with E-state index in [-0.39, 0.29) is 31.0 Å². The fourth-order valence-electron chi connectivity index (χ4n) is 2.18. The van der Waals surface area contributed by atoms with E-state index in [0.29, 0.717) is 13.1 Å². The Morgan fingerprint density at radius 3 is 2.28 bits per heavy atom. The van der Waals surface area contributed by atoms with Crippen LogP contribution in [0.4, 0.5) is 0 Å². The second-order valence-corrected chi connectivity index (χ2v) is 6.82. The number of thiol groups is 1. The van der Waals surface area contributed by atoms with Crippen LogP contribution in [0, 0.1) is 0 Å². The SMILES string of the molecule is NCCCCNCCCNC(=O)CNC(=O)[C@H](CS)NC(=O)CC[C@H](N)C(=O)O. The number of nitrogens with one attached hydrogen (secondary N) is 4. The minimum Gasteiger partial charge on any atom is -0.480 e. The van der Waals surface area contributed by atoms with Crippen molar-refractivity contribution in [2.24, 2.45) is 11.5 Å². The lowest BCUT2D eigenvalue weighted by Gasteiger charge is -2.17. The van der Waals surface area contributed by atoms with Crippen molar-refractivity contribution in [3.05, 3.63) is 0 Å². The van der Waals surface area contributed by atoms with Gasteiger partial charge in [0.25, 0.3) is 0 Å². The standard InChI is InChI=1S/C17H34N6O5S/c18-6-1-2-7-20-8-3-9-21-15(25)10-22-16(26)13(11-29)23-14(24)5-4-12(19)17(27)28/h12-13,20,29H,1-11,18-19H2,(H,21,25)(H,22,26)(H,23,24)(H,27,28)/t12-,13-/m0/s1. The summed E-state index contributed by atoms with van der Waals surface area (Å²) in [5.41, 5.74) is 10.7. The molecular formula is C17H34N6O5S. The summed E-state index contributed by atoms with van der Waals surface area (Å²) in [6.45, 7) is 2.61. The minimum absolute atomic E-state index is 0.0278. The molecule has 0 aromatic heterocycles. The molecule has 0 aliphatic rings. The average molecular weight is 435 g/mol. The summed E-state index contributed by atoms with van der Waals surface area (Å²) in [7, 11) is 0. The van der Waals surface area contributed by atoms with Crippen LogP contribution in [0.1, 0.15) is 32.1 Å². The fourth-order valence-corrected chi connectivity index (χ4v) is 2.44. The fraction of sp³-hybridized carbons (Fsp3) is 0.765. The van der Waals surface area contributed by atoms with Gasteiger partial charge in [0, 0.05) is 18.7 Å². The van der Waals surface area contributed by atoms with Crippen LogP contribution in [0.25, 0.3) is 0 Å². The number of carboxylic acids is 1. The van der Waals surface area contributed by atoms with Crippen molar-refractivity contribution in [2.45, 2.75) is 44.2 Å². The van der Waals surface area contributed by atoms with Crippen molar-refractivity contribution in [3.8, 4) is 0 Å². The van der Waals surface area contributed by atoms with Gasteiger partial charge >= 0.3 is 5.97 Å². The van der Waals surface area contributed by atoms with E-state index < -0.39 is 29.9 Å². The van der Waals surface area contributed by atoms with Gasteiger partial charge in [0.05, 0.1) is 6.54 Å². The number of carbonyl (C=O) groups excluding carboxylic acids is 3. The first kappa shape index (κ1) is 27.1. The number of rotatable bonds is 17. The number of carbonyl (C=O) groups is 4. The van der Waals surface area contributed by atoms with E-state index in [4.69, 9.17) is 16.6 Å². The highest BCUT2D eigenvalue weighted by molar-refractivity contribution is 7.80. The normalized spacial score (nSPS) is 12.7. The second kappa shape index (κ2) is 17.0. The van der Waals surface area contributed by atoms with Gasteiger partial charge in [-0.1, -0.05) is 0 Å². The van der Waals surface area contributed by atoms with Gasteiger partial charge in [0.15, 0.2) is 0 Å². The van der Waals surface area contributed by atoms with Crippen LogP contribution in [-0.2, 0) is 19.2 Å². The quantitative estimate of drug-likeness (QED) is 0.0913. The van der Waals surface area contributed by atoms with Gasteiger partial charge in [-0.3, -0.25) is 19.2 Å². The Hall–Kier alpha value is -1.89. The molecule has 0 bridgehead atoms. The number of hydrogen-bond donors (Lipinski definition) is 8. The highest BCUT2D eigenvalue weighted by Gasteiger charge is 2.21. The molecule has 29 heavy (non-hydrogen) atoms. The minimum atomic E-state index is -1.20. The van der Waals surface area contributed by atoms with E-state index in [1.807, 2.05) is 0 Å². The van der Waals surface area contributed by atoms with Crippen LogP contribution in [-0.4, -0.2) is 79.4 Å². The molecule has 0 aromatic carbocycles. The van der Waals surface area contributed by atoms with Crippen LogP contribution in [0.15, 0.2) is 0 Å². The van der Waals surface area contributed by atoms with Gasteiger partial charge in [0.2, 0.25) is 17.7 Å². The van der Waals surface area contributed by atoms with Gasteiger partial charge in [-0.15, -0.1) is 0 Å². The van der Waals surface area contributed by atoms with E-state index in [0.717, 1.165) is 32.4 Å². The highest BCUT2D eigenvalue weighted by Crippen LogP contribution is 1.97. The molecule has 2 atom stereocenters. The lowest BCUT2D eigenvalue weighted by Crippen LogP contribution is -2.50. The Kier molecular flexibility index (Phi) is 15.9. The van der Waals surface area contributed by atoms with Crippen molar-refractivity contribution in [1.29, 1.82) is 0 Å². The number of aliphatic carboxylic acids is 1. The predicted octanol–water partition coefficient (Wildman–Crippen LogP) is -2.46. The van der Waals surface area contributed by atoms with Crippen molar-refractivity contribution in [1.82, 2.24) is 21.3 Å². The molecule has 0 saturated heterocycles. The summed E-state index contributed by atoms with van der Waals surface area (Å²) in [5.74, 6) is -2.57. The molecule has 0 radical (unpaired) electrons. The van der Waals surface area contributed by atoms with Gasteiger partial charge in [-0.2, -0.15) is 12.6 Å². The Morgan fingerprint density at radius 1 is 0.966 bits per heavy atom. The molecular weight excluding hydrogens is 400 g/mol. The highest BCUT2D eigenvalue weighted by atomic mass is 32.1. The molecule has 0 aliphatic carbocycles. The van der Waals surface area contributed by atoms with Crippen LogP contribution < -0.4 is 32.7 Å². The maximum atomic E-state index is 12.1. The molecule has 0 fully saturated rings. The van der Waals surface area contributed by atoms with E-state index in [1.165, 1.54) is 0 Å². The molecule has 0 rings (SSSR count). The molecule has 0 unspecified atom stereocenters. The molecule has 0 aromatic rings. The molecule has 11 nitrogen and oxygen atoms in total. The number of nitrogens with two attached hydrogens (primary N) is 2. The Bertz CT molecular complexity index is 523. The summed E-state index contributed by atoms with van der Waals surface area (Å²) >= 11 is 4.02. The second-order valence-electron chi connectivity index (χ2n) is 6.45. The monoisotopic (exact) mass is 434 g/mol. The first-order chi connectivity index (χ1) is 13.8. The Balaban J connectivity index is 3.96. The van der Waals surface area contributed by atoms with Crippen molar-refractivity contribution in [3.63, 3.8) is 0 Å². The van der Waals surface area contributed by atoms with Gasteiger partial charge in [0.1, 0.15) is 12.1 Å². The molecule has 3 amide bonds. The molecule has 0 aliphatic heterocycles. The van der Waals surface area contributed by atoms with Crippen molar-refractivity contribution < 1.29 is 24.3 Å². The molecule has 0 spiro atoms. The number of amides is 3. The molecule has 0 heterocycles. The van der Waals surface area contributed by atoms with Gasteiger partial charge < -0.3 is 37.8 Å². The smallest absolute Gasteiger partial charge is 0.320 e. The zero-order valence-electron chi connectivity index (χ0n) is 16.6. The van der Waals surface area contributed by atoms with E-state index in [1.54, 1.807) is 0 Å². The Labute approximate surface area is 176 Å². The zero-order chi connectivity index (χ0) is 22.1. The summed E-state index contributed by atoms with van der Waals surface area (Å²) in [5, 5.41) is 19.5.